The van der Waals surface area contributed by atoms with E-state index < -0.39 is 11.9 Å². The Hall–Kier alpha value is -1.93. The molecule has 0 aromatic carbocycles. The zero-order valence-corrected chi connectivity index (χ0v) is 12.9. The molecular formula is C12H12ClN3O4S. The molecule has 0 radical (unpaired) electrons. The third-order valence-corrected chi connectivity index (χ3v) is 4.11. The Morgan fingerprint density at radius 2 is 2.00 bits per heavy atom. The van der Waals surface area contributed by atoms with Crippen LogP contribution in [0.4, 0.5) is 5.82 Å². The average molecular weight is 330 g/mol. The number of thiophene rings is 1. The number of nitrogens with two attached hydrogens (primary N) is 1. The predicted molar refractivity (Wildman–Crippen MR) is 78.4 cm³/mol. The smallest absolute Gasteiger partial charge is 0.348 e. The molecule has 2 aromatic rings. The molecule has 0 amide bonds. The van der Waals surface area contributed by atoms with Crippen LogP contribution in [-0.4, -0.2) is 36.1 Å². The zero-order valence-electron chi connectivity index (χ0n) is 11.3. The van der Waals surface area contributed by atoms with Gasteiger partial charge >= 0.3 is 11.9 Å². The van der Waals surface area contributed by atoms with Crippen molar-refractivity contribution in [3.63, 3.8) is 0 Å². The summed E-state index contributed by atoms with van der Waals surface area (Å²) in [6, 6.07) is 0. The minimum Gasteiger partial charge on any atom is -0.469 e. The van der Waals surface area contributed by atoms with Gasteiger partial charge in [-0.15, -0.1) is 22.9 Å². The van der Waals surface area contributed by atoms with Crippen LogP contribution in [0.2, 0.25) is 0 Å². The molecule has 0 saturated carbocycles. The third kappa shape index (κ3) is 2.91. The molecule has 0 saturated heterocycles. The van der Waals surface area contributed by atoms with E-state index in [0.29, 0.717) is 21.6 Å². The molecule has 0 aliphatic carbocycles. The Bertz CT molecular complexity index is 716. The maximum Gasteiger partial charge on any atom is 0.348 e. The van der Waals surface area contributed by atoms with Gasteiger partial charge in [0, 0.05) is 5.56 Å². The molecule has 0 spiro atoms. The molecule has 2 rings (SSSR count). The van der Waals surface area contributed by atoms with Crippen LogP contribution >= 0.6 is 22.9 Å². The van der Waals surface area contributed by atoms with Crippen LogP contribution in [0, 0.1) is 0 Å². The molecule has 2 heterocycles. The molecule has 9 heteroatoms. The van der Waals surface area contributed by atoms with Crippen LogP contribution in [0.25, 0.3) is 10.2 Å². The Kier molecular flexibility index (Phi) is 4.59. The summed E-state index contributed by atoms with van der Waals surface area (Å²) >= 11 is 6.78. The van der Waals surface area contributed by atoms with Crippen LogP contribution in [0.1, 0.15) is 21.1 Å². The first-order chi connectivity index (χ1) is 10.0. The number of nitrogen functional groups attached to an aromatic ring is 1. The molecule has 112 valence electrons. The van der Waals surface area contributed by atoms with Gasteiger partial charge in [-0.25, -0.2) is 14.8 Å². The number of fused-ring (bicyclic) bond motifs is 1. The van der Waals surface area contributed by atoms with Crippen molar-refractivity contribution >= 4 is 50.9 Å². The molecule has 0 bridgehead atoms. The Labute approximate surface area is 129 Å². The lowest BCUT2D eigenvalue weighted by Crippen LogP contribution is -2.10. The minimum absolute atomic E-state index is 0.0952. The first-order valence-corrected chi connectivity index (χ1v) is 7.15. The number of esters is 2. The lowest BCUT2D eigenvalue weighted by atomic mass is 10.1. The highest BCUT2D eigenvalue weighted by atomic mass is 35.5. The number of nitrogens with zero attached hydrogens (tertiary/aromatic N) is 2. The fourth-order valence-corrected chi connectivity index (χ4v) is 3.09. The second-order valence-corrected chi connectivity index (χ2v) is 5.26. The summed E-state index contributed by atoms with van der Waals surface area (Å²) in [4.78, 5) is 32.4. The van der Waals surface area contributed by atoms with Crippen LogP contribution in [0.15, 0.2) is 0 Å². The second kappa shape index (κ2) is 6.23. The van der Waals surface area contributed by atoms with E-state index in [4.69, 9.17) is 22.1 Å². The van der Waals surface area contributed by atoms with Gasteiger partial charge in [-0.2, -0.15) is 0 Å². The standard InChI is InChI=1S/C12H12ClN3O4S/c1-19-7(17)3-5-8-10(14)15-6(4-13)16-11(8)21-9(5)12(18)20-2/h3-4H2,1-2H3,(H2,14,15,16). The quantitative estimate of drug-likeness (QED) is 0.669. The molecule has 0 atom stereocenters. The molecule has 0 fully saturated rings. The van der Waals surface area contributed by atoms with E-state index in [1.807, 2.05) is 0 Å². The first kappa shape index (κ1) is 15.5. The number of hydrogen-bond donors (Lipinski definition) is 1. The average Bonchev–Trinajstić information content (AvgIpc) is 2.85. The molecule has 2 aromatic heterocycles. The van der Waals surface area contributed by atoms with E-state index >= 15 is 0 Å². The summed E-state index contributed by atoms with van der Waals surface area (Å²) in [6.45, 7) is 0. The van der Waals surface area contributed by atoms with Crippen molar-refractivity contribution in [1.29, 1.82) is 0 Å². The molecule has 2 N–H and O–H groups in total. The highest BCUT2D eigenvalue weighted by Gasteiger charge is 2.24. The number of carbonyl (C=O) groups excluding carboxylic acids is 2. The van der Waals surface area contributed by atoms with E-state index in [9.17, 15) is 9.59 Å². The maximum atomic E-state index is 11.9. The van der Waals surface area contributed by atoms with Crippen LogP contribution in [0.5, 0.6) is 0 Å². The fourth-order valence-electron chi connectivity index (χ4n) is 1.83. The number of halogens is 1. The lowest BCUT2D eigenvalue weighted by molar-refractivity contribution is -0.139. The Morgan fingerprint density at radius 1 is 1.29 bits per heavy atom. The number of aromatic nitrogens is 2. The molecule has 0 aliphatic rings. The second-order valence-electron chi connectivity index (χ2n) is 3.99. The first-order valence-electron chi connectivity index (χ1n) is 5.80. The van der Waals surface area contributed by atoms with Gasteiger partial charge in [-0.05, 0) is 0 Å². The van der Waals surface area contributed by atoms with Gasteiger partial charge in [0.2, 0.25) is 0 Å². The summed E-state index contributed by atoms with van der Waals surface area (Å²) in [6.07, 6.45) is -0.116. The molecule has 21 heavy (non-hydrogen) atoms. The van der Waals surface area contributed by atoms with E-state index in [2.05, 4.69) is 14.7 Å². The summed E-state index contributed by atoms with van der Waals surface area (Å²) in [5, 5.41) is 0.458. The van der Waals surface area contributed by atoms with Crippen molar-refractivity contribution in [3.8, 4) is 0 Å². The van der Waals surface area contributed by atoms with Crippen molar-refractivity contribution in [2.75, 3.05) is 20.0 Å². The van der Waals surface area contributed by atoms with Crippen molar-refractivity contribution in [2.45, 2.75) is 12.3 Å². The lowest BCUT2D eigenvalue weighted by Gasteiger charge is -2.04. The SMILES string of the molecule is COC(=O)Cc1c(C(=O)OC)sc2nc(CCl)nc(N)c12. The van der Waals surface area contributed by atoms with E-state index in [1.165, 1.54) is 14.2 Å². The normalized spacial score (nSPS) is 10.6. The van der Waals surface area contributed by atoms with E-state index in [-0.39, 0.29) is 23.0 Å². The number of methoxy groups -OCH3 is 2. The van der Waals surface area contributed by atoms with Crippen molar-refractivity contribution in [1.82, 2.24) is 9.97 Å². The Balaban J connectivity index is 2.70. The van der Waals surface area contributed by atoms with Crippen molar-refractivity contribution in [2.24, 2.45) is 0 Å². The molecule has 0 aliphatic heterocycles. The number of alkyl halides is 1. The summed E-state index contributed by atoms with van der Waals surface area (Å²) < 4.78 is 9.36. The van der Waals surface area contributed by atoms with Gasteiger partial charge in [0.05, 0.1) is 31.9 Å². The van der Waals surface area contributed by atoms with Gasteiger partial charge in [0.1, 0.15) is 21.3 Å². The van der Waals surface area contributed by atoms with Gasteiger partial charge in [0.15, 0.2) is 0 Å². The highest BCUT2D eigenvalue weighted by molar-refractivity contribution is 7.20. The summed E-state index contributed by atoms with van der Waals surface area (Å²) in [7, 11) is 2.52. The molecule has 0 unspecified atom stereocenters. The van der Waals surface area contributed by atoms with E-state index in [0.717, 1.165) is 11.3 Å². The molecular weight excluding hydrogens is 318 g/mol. The van der Waals surface area contributed by atoms with Crippen molar-refractivity contribution in [3.05, 3.63) is 16.3 Å². The fraction of sp³-hybridized carbons (Fsp3) is 0.333. The Morgan fingerprint density at radius 3 is 2.57 bits per heavy atom. The van der Waals surface area contributed by atoms with Gasteiger partial charge in [0.25, 0.3) is 0 Å². The van der Waals surface area contributed by atoms with Gasteiger partial charge in [-0.3, -0.25) is 4.79 Å². The molecule has 7 nitrogen and oxygen atoms in total. The third-order valence-electron chi connectivity index (χ3n) is 2.76. The van der Waals surface area contributed by atoms with Crippen LogP contribution in [-0.2, 0) is 26.6 Å². The van der Waals surface area contributed by atoms with Gasteiger partial charge < -0.3 is 15.2 Å². The van der Waals surface area contributed by atoms with E-state index in [1.54, 1.807) is 0 Å². The van der Waals surface area contributed by atoms with Crippen LogP contribution in [0.3, 0.4) is 0 Å². The highest BCUT2D eigenvalue weighted by Crippen LogP contribution is 2.34. The number of hydrogen-bond acceptors (Lipinski definition) is 8. The zero-order chi connectivity index (χ0) is 15.6. The number of rotatable bonds is 4. The summed E-state index contributed by atoms with van der Waals surface area (Å²) in [5.74, 6) is -0.452. The maximum absolute atomic E-state index is 11.9. The van der Waals surface area contributed by atoms with Crippen LogP contribution < -0.4 is 5.73 Å². The number of carbonyl (C=O) groups is 2. The minimum atomic E-state index is -0.566. The van der Waals surface area contributed by atoms with Gasteiger partial charge in [-0.1, -0.05) is 0 Å². The van der Waals surface area contributed by atoms with Crippen molar-refractivity contribution < 1.29 is 19.1 Å². The number of ether oxygens (including phenoxy) is 2. The monoisotopic (exact) mass is 329 g/mol. The topological polar surface area (TPSA) is 104 Å². The predicted octanol–water partition coefficient (Wildman–Crippen LogP) is 1.51. The largest absolute Gasteiger partial charge is 0.469 e. The number of anilines is 1. The summed E-state index contributed by atoms with van der Waals surface area (Å²) in [5.41, 5.74) is 6.31.